The number of hydrogen-bond acceptors (Lipinski definition) is 5. The summed E-state index contributed by atoms with van der Waals surface area (Å²) >= 11 is 0. The Kier molecular flexibility index (Phi) is 3.40. The first kappa shape index (κ1) is 11.2. The Morgan fingerprint density at radius 1 is 1.12 bits per heavy atom. The molecular weight excluding hydrogens is 216 g/mol. The molecule has 0 aliphatic rings. The van der Waals surface area contributed by atoms with Crippen LogP contribution in [-0.4, -0.2) is 21.6 Å². The van der Waals surface area contributed by atoms with Crippen molar-refractivity contribution in [2.75, 3.05) is 17.6 Å². The zero-order valence-corrected chi connectivity index (χ0v) is 9.30. The maximum absolute atomic E-state index is 9.15. The van der Waals surface area contributed by atoms with Gasteiger partial charge in [-0.15, -0.1) is 0 Å². The van der Waals surface area contributed by atoms with Crippen LogP contribution >= 0.6 is 0 Å². The SMILES string of the molecule is Nc1nccnc1NCCc1ccc(O)cc1. The molecule has 2 rings (SSSR count). The number of anilines is 2. The molecule has 0 radical (unpaired) electrons. The third-order valence-electron chi connectivity index (χ3n) is 2.37. The smallest absolute Gasteiger partial charge is 0.168 e. The highest BCUT2D eigenvalue weighted by Gasteiger charge is 1.99. The largest absolute Gasteiger partial charge is 0.508 e. The summed E-state index contributed by atoms with van der Waals surface area (Å²) in [5, 5.41) is 12.3. The molecule has 1 heterocycles. The number of nitrogens with one attached hydrogen (secondary N) is 1. The van der Waals surface area contributed by atoms with Gasteiger partial charge in [0.15, 0.2) is 11.6 Å². The van der Waals surface area contributed by atoms with Gasteiger partial charge in [0.05, 0.1) is 0 Å². The van der Waals surface area contributed by atoms with Gasteiger partial charge in [-0.1, -0.05) is 12.1 Å². The Labute approximate surface area is 99.3 Å². The van der Waals surface area contributed by atoms with Crippen LogP contribution in [0.4, 0.5) is 11.6 Å². The fraction of sp³-hybridized carbons (Fsp3) is 0.167. The summed E-state index contributed by atoms with van der Waals surface area (Å²) in [5.41, 5.74) is 6.79. The molecule has 0 unspecified atom stereocenters. The van der Waals surface area contributed by atoms with E-state index in [4.69, 9.17) is 10.8 Å². The first-order chi connectivity index (χ1) is 8.25. The standard InChI is InChI=1S/C12H14N4O/c13-11-12(16-8-7-14-11)15-6-5-9-1-3-10(17)4-2-9/h1-4,7-8,17H,5-6H2,(H2,13,14)(H,15,16). The highest BCUT2D eigenvalue weighted by Crippen LogP contribution is 2.12. The van der Waals surface area contributed by atoms with Crippen LogP contribution in [-0.2, 0) is 6.42 Å². The number of phenolic OH excluding ortho intramolecular Hbond substituents is 1. The summed E-state index contributed by atoms with van der Waals surface area (Å²) in [7, 11) is 0. The van der Waals surface area contributed by atoms with Gasteiger partial charge in [-0.25, -0.2) is 9.97 Å². The van der Waals surface area contributed by atoms with Gasteiger partial charge in [-0.05, 0) is 24.1 Å². The zero-order valence-electron chi connectivity index (χ0n) is 9.30. The van der Waals surface area contributed by atoms with E-state index in [1.807, 2.05) is 12.1 Å². The molecule has 4 N–H and O–H groups in total. The predicted octanol–water partition coefficient (Wildman–Crippen LogP) is 1.42. The molecule has 88 valence electrons. The van der Waals surface area contributed by atoms with Crippen LogP contribution in [0.25, 0.3) is 0 Å². The third kappa shape index (κ3) is 3.07. The van der Waals surface area contributed by atoms with Gasteiger partial charge in [0.1, 0.15) is 5.75 Å². The van der Waals surface area contributed by atoms with Crippen molar-refractivity contribution in [3.8, 4) is 5.75 Å². The van der Waals surface area contributed by atoms with E-state index in [0.717, 1.165) is 12.0 Å². The predicted molar refractivity (Wildman–Crippen MR) is 66.7 cm³/mol. The molecule has 0 spiro atoms. The molecule has 17 heavy (non-hydrogen) atoms. The summed E-state index contributed by atoms with van der Waals surface area (Å²) < 4.78 is 0. The Hall–Kier alpha value is -2.30. The number of phenols is 1. The van der Waals surface area contributed by atoms with E-state index in [1.165, 1.54) is 0 Å². The number of nitrogens with two attached hydrogens (primary N) is 1. The molecule has 5 heteroatoms. The van der Waals surface area contributed by atoms with Crippen molar-refractivity contribution < 1.29 is 5.11 Å². The quantitative estimate of drug-likeness (QED) is 0.739. The van der Waals surface area contributed by atoms with E-state index in [2.05, 4.69) is 15.3 Å². The van der Waals surface area contributed by atoms with Gasteiger partial charge in [-0.2, -0.15) is 0 Å². The summed E-state index contributed by atoms with van der Waals surface area (Å²) in [4.78, 5) is 8.02. The van der Waals surface area contributed by atoms with E-state index < -0.39 is 0 Å². The van der Waals surface area contributed by atoms with Crippen molar-refractivity contribution >= 4 is 11.6 Å². The van der Waals surface area contributed by atoms with Gasteiger partial charge in [-0.3, -0.25) is 0 Å². The first-order valence-electron chi connectivity index (χ1n) is 5.34. The van der Waals surface area contributed by atoms with Crippen molar-refractivity contribution in [1.29, 1.82) is 0 Å². The van der Waals surface area contributed by atoms with Crippen LogP contribution in [0.2, 0.25) is 0 Å². The van der Waals surface area contributed by atoms with E-state index in [9.17, 15) is 0 Å². The van der Waals surface area contributed by atoms with Crippen LogP contribution in [0.3, 0.4) is 0 Å². The molecule has 0 bridgehead atoms. The van der Waals surface area contributed by atoms with E-state index in [-0.39, 0.29) is 5.75 Å². The second-order valence-corrected chi connectivity index (χ2v) is 3.63. The molecule has 0 saturated carbocycles. The Morgan fingerprint density at radius 3 is 2.53 bits per heavy atom. The summed E-state index contributed by atoms with van der Waals surface area (Å²) in [6.45, 7) is 0.716. The second kappa shape index (κ2) is 5.16. The van der Waals surface area contributed by atoms with Crippen molar-refractivity contribution in [1.82, 2.24) is 9.97 Å². The molecule has 5 nitrogen and oxygen atoms in total. The minimum absolute atomic E-state index is 0.278. The fourth-order valence-electron chi connectivity index (χ4n) is 1.47. The molecule has 0 aliphatic carbocycles. The molecule has 0 saturated heterocycles. The van der Waals surface area contributed by atoms with Crippen LogP contribution in [0.5, 0.6) is 5.75 Å². The van der Waals surface area contributed by atoms with E-state index in [0.29, 0.717) is 18.2 Å². The Bertz CT molecular complexity index is 484. The maximum Gasteiger partial charge on any atom is 0.168 e. The van der Waals surface area contributed by atoms with Crippen LogP contribution in [0, 0.1) is 0 Å². The minimum Gasteiger partial charge on any atom is -0.508 e. The summed E-state index contributed by atoms with van der Waals surface area (Å²) in [6, 6.07) is 7.12. The molecule has 0 fully saturated rings. The molecule has 0 atom stereocenters. The monoisotopic (exact) mass is 230 g/mol. The fourth-order valence-corrected chi connectivity index (χ4v) is 1.47. The normalized spacial score (nSPS) is 10.1. The average Bonchev–Trinajstić information content (AvgIpc) is 2.34. The highest BCUT2D eigenvalue weighted by molar-refractivity contribution is 5.54. The van der Waals surface area contributed by atoms with Crippen molar-refractivity contribution in [2.24, 2.45) is 0 Å². The van der Waals surface area contributed by atoms with Gasteiger partial charge in [0, 0.05) is 18.9 Å². The van der Waals surface area contributed by atoms with Crippen LogP contribution in [0.15, 0.2) is 36.7 Å². The Balaban J connectivity index is 1.88. The lowest BCUT2D eigenvalue weighted by molar-refractivity contribution is 0.475. The lowest BCUT2D eigenvalue weighted by atomic mass is 10.1. The maximum atomic E-state index is 9.15. The minimum atomic E-state index is 0.278. The van der Waals surface area contributed by atoms with Gasteiger partial charge < -0.3 is 16.2 Å². The number of benzene rings is 1. The number of nitrogen functional groups attached to an aromatic ring is 1. The zero-order chi connectivity index (χ0) is 12.1. The van der Waals surface area contributed by atoms with Crippen molar-refractivity contribution in [2.45, 2.75) is 6.42 Å². The number of aromatic nitrogens is 2. The second-order valence-electron chi connectivity index (χ2n) is 3.63. The lowest BCUT2D eigenvalue weighted by Gasteiger charge is -2.06. The number of rotatable bonds is 4. The number of hydrogen-bond donors (Lipinski definition) is 3. The molecule has 1 aromatic carbocycles. The lowest BCUT2D eigenvalue weighted by Crippen LogP contribution is -2.09. The summed E-state index contributed by atoms with van der Waals surface area (Å²) in [5.74, 6) is 1.28. The van der Waals surface area contributed by atoms with E-state index >= 15 is 0 Å². The average molecular weight is 230 g/mol. The Morgan fingerprint density at radius 2 is 1.82 bits per heavy atom. The molecule has 2 aromatic rings. The molecule has 1 aromatic heterocycles. The van der Waals surface area contributed by atoms with Crippen molar-refractivity contribution in [3.63, 3.8) is 0 Å². The molecule has 0 aliphatic heterocycles. The topological polar surface area (TPSA) is 84.1 Å². The highest BCUT2D eigenvalue weighted by atomic mass is 16.3. The summed E-state index contributed by atoms with van der Waals surface area (Å²) in [6.07, 6.45) is 3.98. The van der Waals surface area contributed by atoms with Crippen molar-refractivity contribution in [3.05, 3.63) is 42.2 Å². The van der Waals surface area contributed by atoms with Gasteiger partial charge in [0.25, 0.3) is 0 Å². The molecular formula is C12H14N4O. The van der Waals surface area contributed by atoms with Gasteiger partial charge >= 0.3 is 0 Å². The first-order valence-corrected chi connectivity index (χ1v) is 5.34. The van der Waals surface area contributed by atoms with Gasteiger partial charge in [0.2, 0.25) is 0 Å². The van der Waals surface area contributed by atoms with Crippen LogP contribution < -0.4 is 11.1 Å². The van der Waals surface area contributed by atoms with Crippen LogP contribution in [0.1, 0.15) is 5.56 Å². The molecule has 0 amide bonds. The number of aromatic hydroxyl groups is 1. The third-order valence-corrected chi connectivity index (χ3v) is 2.37. The number of nitrogens with zero attached hydrogens (tertiary/aromatic N) is 2. The van der Waals surface area contributed by atoms with E-state index in [1.54, 1.807) is 24.5 Å².